The second kappa shape index (κ2) is 6.21. The number of benzene rings is 1. The molecule has 0 bridgehead atoms. The minimum absolute atomic E-state index is 0.364. The van der Waals surface area contributed by atoms with E-state index in [0.717, 1.165) is 18.1 Å². The number of nitrogens with two attached hydrogens (primary N) is 1. The molecule has 1 aromatic rings. The van der Waals surface area contributed by atoms with E-state index in [9.17, 15) is 4.79 Å². The third-order valence-electron chi connectivity index (χ3n) is 2.95. The SMILES string of the molecule is CCC(C)c1ccc(C(N)/C=C/C(=O)O)cc1. The van der Waals surface area contributed by atoms with E-state index in [1.807, 2.05) is 12.1 Å². The highest BCUT2D eigenvalue weighted by Gasteiger charge is 2.05. The molecule has 2 atom stereocenters. The van der Waals surface area contributed by atoms with Gasteiger partial charge in [-0.25, -0.2) is 4.79 Å². The largest absolute Gasteiger partial charge is 0.478 e. The molecule has 0 fully saturated rings. The maximum atomic E-state index is 10.4. The quantitative estimate of drug-likeness (QED) is 0.769. The first-order chi connectivity index (χ1) is 8.04. The number of carboxylic acid groups (broad SMARTS) is 1. The third kappa shape index (κ3) is 4.04. The first-order valence-corrected chi connectivity index (χ1v) is 5.81. The molecule has 1 aromatic carbocycles. The maximum Gasteiger partial charge on any atom is 0.328 e. The lowest BCUT2D eigenvalue weighted by atomic mass is 9.96. The summed E-state index contributed by atoms with van der Waals surface area (Å²) in [5, 5.41) is 8.52. The van der Waals surface area contributed by atoms with Crippen molar-refractivity contribution in [2.45, 2.75) is 32.2 Å². The molecule has 0 spiro atoms. The van der Waals surface area contributed by atoms with Gasteiger partial charge in [0.1, 0.15) is 0 Å². The molecule has 0 saturated carbocycles. The Kier molecular flexibility index (Phi) is 4.91. The van der Waals surface area contributed by atoms with Crippen molar-refractivity contribution in [3.8, 4) is 0 Å². The zero-order valence-electron chi connectivity index (χ0n) is 10.3. The Balaban J connectivity index is 2.76. The fourth-order valence-electron chi connectivity index (χ4n) is 1.58. The van der Waals surface area contributed by atoms with Crippen molar-refractivity contribution < 1.29 is 9.90 Å². The molecule has 3 N–H and O–H groups in total. The first-order valence-electron chi connectivity index (χ1n) is 5.81. The molecule has 3 heteroatoms. The number of carboxylic acids is 1. The monoisotopic (exact) mass is 233 g/mol. The Hall–Kier alpha value is -1.61. The Morgan fingerprint density at radius 1 is 1.35 bits per heavy atom. The van der Waals surface area contributed by atoms with Crippen LogP contribution < -0.4 is 5.73 Å². The van der Waals surface area contributed by atoms with E-state index in [1.54, 1.807) is 0 Å². The molecule has 0 aliphatic heterocycles. The fourth-order valence-corrected chi connectivity index (χ4v) is 1.58. The van der Waals surface area contributed by atoms with Crippen LogP contribution >= 0.6 is 0 Å². The number of hydrogen-bond donors (Lipinski definition) is 2. The van der Waals surface area contributed by atoms with E-state index in [2.05, 4.69) is 26.0 Å². The molecule has 2 unspecified atom stereocenters. The van der Waals surface area contributed by atoms with Crippen molar-refractivity contribution in [3.05, 3.63) is 47.5 Å². The highest BCUT2D eigenvalue weighted by molar-refractivity contribution is 5.79. The standard InChI is InChI=1S/C14H19NO2/c1-3-10(2)11-4-6-12(7-5-11)13(15)8-9-14(16)17/h4-10,13H,3,15H2,1-2H3,(H,16,17)/b9-8+. The van der Waals surface area contributed by atoms with Crippen LogP contribution in [0, 0.1) is 0 Å². The van der Waals surface area contributed by atoms with Gasteiger partial charge in [0.15, 0.2) is 0 Å². The highest BCUT2D eigenvalue weighted by Crippen LogP contribution is 2.20. The molecule has 1 rings (SSSR count). The Morgan fingerprint density at radius 3 is 2.35 bits per heavy atom. The first kappa shape index (κ1) is 13.5. The Bertz CT molecular complexity index is 395. The van der Waals surface area contributed by atoms with Crippen LogP contribution in [-0.2, 0) is 4.79 Å². The molecule has 0 saturated heterocycles. The molecule has 0 amide bonds. The van der Waals surface area contributed by atoms with E-state index >= 15 is 0 Å². The summed E-state index contributed by atoms with van der Waals surface area (Å²) in [7, 11) is 0. The van der Waals surface area contributed by atoms with Gasteiger partial charge in [-0.15, -0.1) is 0 Å². The van der Waals surface area contributed by atoms with E-state index in [-0.39, 0.29) is 6.04 Å². The van der Waals surface area contributed by atoms with Gasteiger partial charge >= 0.3 is 5.97 Å². The maximum absolute atomic E-state index is 10.4. The van der Waals surface area contributed by atoms with Crippen LogP contribution in [0.5, 0.6) is 0 Å². The van der Waals surface area contributed by atoms with Crippen molar-refractivity contribution in [2.75, 3.05) is 0 Å². The smallest absolute Gasteiger partial charge is 0.328 e. The summed E-state index contributed by atoms with van der Waals surface area (Å²) in [4.78, 5) is 10.4. The molecule has 0 radical (unpaired) electrons. The van der Waals surface area contributed by atoms with Crippen molar-refractivity contribution in [1.29, 1.82) is 0 Å². The van der Waals surface area contributed by atoms with E-state index < -0.39 is 5.97 Å². The van der Waals surface area contributed by atoms with Gasteiger partial charge in [0.25, 0.3) is 0 Å². The molecule has 92 valence electrons. The third-order valence-corrected chi connectivity index (χ3v) is 2.95. The van der Waals surface area contributed by atoms with Crippen molar-refractivity contribution >= 4 is 5.97 Å². The van der Waals surface area contributed by atoms with Gasteiger partial charge < -0.3 is 10.8 Å². The van der Waals surface area contributed by atoms with Gasteiger partial charge in [-0.3, -0.25) is 0 Å². The molecule has 0 aliphatic carbocycles. The summed E-state index contributed by atoms with van der Waals surface area (Å²) in [5.41, 5.74) is 8.06. The minimum Gasteiger partial charge on any atom is -0.478 e. The molecule has 17 heavy (non-hydrogen) atoms. The topological polar surface area (TPSA) is 63.3 Å². The van der Waals surface area contributed by atoms with Crippen LogP contribution in [0.3, 0.4) is 0 Å². The van der Waals surface area contributed by atoms with Gasteiger partial charge in [-0.1, -0.05) is 44.2 Å². The van der Waals surface area contributed by atoms with Crippen LogP contribution in [0.1, 0.15) is 43.4 Å². The Labute approximate surface area is 102 Å². The summed E-state index contributed by atoms with van der Waals surface area (Å²) >= 11 is 0. The van der Waals surface area contributed by atoms with E-state index in [0.29, 0.717) is 5.92 Å². The summed E-state index contributed by atoms with van der Waals surface area (Å²) < 4.78 is 0. The van der Waals surface area contributed by atoms with Gasteiger partial charge in [-0.05, 0) is 23.5 Å². The molecule has 0 aliphatic rings. The minimum atomic E-state index is -0.975. The van der Waals surface area contributed by atoms with Crippen LogP contribution in [0.15, 0.2) is 36.4 Å². The molecular weight excluding hydrogens is 214 g/mol. The predicted molar refractivity (Wildman–Crippen MR) is 68.9 cm³/mol. The van der Waals surface area contributed by atoms with E-state index in [4.69, 9.17) is 10.8 Å². The van der Waals surface area contributed by atoms with Crippen LogP contribution in [-0.4, -0.2) is 11.1 Å². The average Bonchev–Trinajstić information content (AvgIpc) is 2.35. The number of aliphatic carboxylic acids is 1. The lowest BCUT2D eigenvalue weighted by Crippen LogP contribution is -2.08. The Morgan fingerprint density at radius 2 is 1.88 bits per heavy atom. The van der Waals surface area contributed by atoms with Crippen molar-refractivity contribution in [1.82, 2.24) is 0 Å². The van der Waals surface area contributed by atoms with Gasteiger partial charge in [-0.2, -0.15) is 0 Å². The van der Waals surface area contributed by atoms with E-state index in [1.165, 1.54) is 11.6 Å². The summed E-state index contributed by atoms with van der Waals surface area (Å²) in [5.74, 6) is -0.438. The van der Waals surface area contributed by atoms with Crippen LogP contribution in [0.2, 0.25) is 0 Å². The molecule has 0 heterocycles. The van der Waals surface area contributed by atoms with Crippen molar-refractivity contribution in [3.63, 3.8) is 0 Å². The molecular formula is C14H19NO2. The number of hydrogen-bond acceptors (Lipinski definition) is 2. The van der Waals surface area contributed by atoms with Gasteiger partial charge in [0.2, 0.25) is 0 Å². The normalized spacial score (nSPS) is 14.8. The second-order valence-corrected chi connectivity index (χ2v) is 4.20. The average molecular weight is 233 g/mol. The highest BCUT2D eigenvalue weighted by atomic mass is 16.4. The predicted octanol–water partition coefficient (Wildman–Crippen LogP) is 2.84. The second-order valence-electron chi connectivity index (χ2n) is 4.20. The van der Waals surface area contributed by atoms with Crippen molar-refractivity contribution in [2.24, 2.45) is 5.73 Å². The molecule has 0 aromatic heterocycles. The fraction of sp³-hybridized carbons (Fsp3) is 0.357. The zero-order chi connectivity index (χ0) is 12.8. The summed E-state index contributed by atoms with van der Waals surface area (Å²) in [6.07, 6.45) is 3.66. The molecule has 3 nitrogen and oxygen atoms in total. The number of carbonyl (C=O) groups is 1. The van der Waals surface area contributed by atoms with Crippen LogP contribution in [0.4, 0.5) is 0 Å². The van der Waals surface area contributed by atoms with Gasteiger partial charge in [0, 0.05) is 12.1 Å². The van der Waals surface area contributed by atoms with Crippen LogP contribution in [0.25, 0.3) is 0 Å². The zero-order valence-corrected chi connectivity index (χ0v) is 10.3. The lowest BCUT2D eigenvalue weighted by Gasteiger charge is -2.11. The lowest BCUT2D eigenvalue weighted by molar-refractivity contribution is -0.131. The summed E-state index contributed by atoms with van der Waals surface area (Å²) in [6, 6.07) is 7.66. The number of rotatable bonds is 5. The van der Waals surface area contributed by atoms with Gasteiger partial charge in [0.05, 0.1) is 0 Å². The summed E-state index contributed by atoms with van der Waals surface area (Å²) in [6.45, 7) is 4.33.